The Morgan fingerprint density at radius 3 is 2.52 bits per heavy atom. The van der Waals surface area contributed by atoms with Gasteiger partial charge >= 0.3 is 5.97 Å². The lowest BCUT2D eigenvalue weighted by Gasteiger charge is -2.14. The van der Waals surface area contributed by atoms with E-state index in [2.05, 4.69) is 10.6 Å². The maximum absolute atomic E-state index is 14.9. The lowest BCUT2D eigenvalue weighted by molar-refractivity contribution is -0.140. The average Bonchev–Trinajstić information content (AvgIpc) is 3.28. The summed E-state index contributed by atoms with van der Waals surface area (Å²) in [6, 6.07) is 11.5. The van der Waals surface area contributed by atoms with E-state index < -0.39 is 17.9 Å². The van der Waals surface area contributed by atoms with Crippen LogP contribution < -0.4 is 10.6 Å². The van der Waals surface area contributed by atoms with Gasteiger partial charge in [-0.3, -0.25) is 9.59 Å². The van der Waals surface area contributed by atoms with Crippen LogP contribution in [0.15, 0.2) is 58.7 Å². The number of carbonyl (C=O) groups is 2. The van der Waals surface area contributed by atoms with Crippen LogP contribution in [0.25, 0.3) is 17.2 Å². The standard InChI is InChI=1S/C26H27FN2O4/c1-15-12-23(16(2)10-19(15)11-17(3)25(30)29-18(4)26(31)32)22-8-7-20(13-24(22)27)28-14-21-6-5-9-33-21/h5-13,18,28H,14H2,1-4H3,(H,29,30)(H,31,32)/t18-/m1/s1. The zero-order chi connectivity index (χ0) is 24.1. The number of halogens is 1. The Labute approximate surface area is 192 Å². The summed E-state index contributed by atoms with van der Waals surface area (Å²) in [6.07, 6.45) is 3.29. The number of carboxylic acid groups (broad SMARTS) is 1. The van der Waals surface area contributed by atoms with Gasteiger partial charge in [-0.2, -0.15) is 0 Å². The monoisotopic (exact) mass is 450 g/mol. The second-order valence-electron chi connectivity index (χ2n) is 8.01. The SMILES string of the molecule is CC(=Cc1cc(C)c(-c2ccc(NCc3ccco3)cc2F)cc1C)C(=O)N[C@H](C)C(=O)O. The fourth-order valence-electron chi connectivity index (χ4n) is 3.40. The summed E-state index contributed by atoms with van der Waals surface area (Å²) in [5.74, 6) is -1.13. The molecular formula is C26H27FN2O4. The predicted octanol–water partition coefficient (Wildman–Crippen LogP) is 5.31. The van der Waals surface area contributed by atoms with Gasteiger partial charge in [-0.25, -0.2) is 4.39 Å². The van der Waals surface area contributed by atoms with Crippen LogP contribution in [-0.2, 0) is 16.1 Å². The quantitative estimate of drug-likeness (QED) is 0.405. The molecule has 0 saturated heterocycles. The van der Waals surface area contributed by atoms with Crippen LogP contribution in [0.4, 0.5) is 10.1 Å². The Morgan fingerprint density at radius 2 is 1.88 bits per heavy atom. The van der Waals surface area contributed by atoms with Crippen molar-refractivity contribution in [3.63, 3.8) is 0 Å². The molecule has 172 valence electrons. The molecule has 3 N–H and O–H groups in total. The minimum atomic E-state index is -1.10. The van der Waals surface area contributed by atoms with E-state index in [-0.39, 0.29) is 5.82 Å². The number of anilines is 1. The van der Waals surface area contributed by atoms with Crippen molar-refractivity contribution in [1.82, 2.24) is 5.32 Å². The molecule has 6 nitrogen and oxygen atoms in total. The molecule has 1 amide bonds. The number of nitrogens with one attached hydrogen (secondary N) is 2. The number of furan rings is 1. The third-order valence-corrected chi connectivity index (χ3v) is 5.37. The van der Waals surface area contributed by atoms with Gasteiger partial charge in [-0.05, 0) is 86.4 Å². The van der Waals surface area contributed by atoms with Crippen LogP contribution in [0.2, 0.25) is 0 Å². The number of carbonyl (C=O) groups excluding carboxylic acids is 1. The highest BCUT2D eigenvalue weighted by atomic mass is 19.1. The van der Waals surface area contributed by atoms with E-state index in [1.54, 1.807) is 31.4 Å². The van der Waals surface area contributed by atoms with Crippen molar-refractivity contribution in [2.45, 2.75) is 40.3 Å². The number of amides is 1. The predicted molar refractivity (Wildman–Crippen MR) is 126 cm³/mol. The van der Waals surface area contributed by atoms with E-state index in [4.69, 9.17) is 9.52 Å². The van der Waals surface area contributed by atoms with Crippen LogP contribution in [0, 0.1) is 19.7 Å². The molecule has 0 unspecified atom stereocenters. The third kappa shape index (κ3) is 5.88. The average molecular weight is 451 g/mol. The summed E-state index contributed by atoms with van der Waals surface area (Å²) < 4.78 is 20.2. The molecule has 1 heterocycles. The molecule has 3 rings (SSSR count). The van der Waals surface area contributed by atoms with Crippen molar-refractivity contribution < 1.29 is 23.5 Å². The highest BCUT2D eigenvalue weighted by molar-refractivity contribution is 5.99. The van der Waals surface area contributed by atoms with Gasteiger partial charge in [0.25, 0.3) is 0 Å². The van der Waals surface area contributed by atoms with E-state index in [0.29, 0.717) is 23.4 Å². The molecule has 1 aromatic heterocycles. The number of rotatable bonds is 8. The molecule has 0 spiro atoms. The van der Waals surface area contributed by atoms with E-state index in [1.807, 2.05) is 38.1 Å². The first-order valence-electron chi connectivity index (χ1n) is 10.5. The molecule has 3 aromatic rings. The van der Waals surface area contributed by atoms with Crippen LogP contribution in [-0.4, -0.2) is 23.0 Å². The molecule has 1 atom stereocenters. The lowest BCUT2D eigenvalue weighted by atomic mass is 9.93. The van der Waals surface area contributed by atoms with Gasteiger partial charge in [0.1, 0.15) is 17.6 Å². The Kier molecular flexibility index (Phi) is 7.33. The molecule has 0 aliphatic heterocycles. The Hall–Kier alpha value is -3.87. The van der Waals surface area contributed by atoms with Gasteiger partial charge in [-0.15, -0.1) is 0 Å². The van der Waals surface area contributed by atoms with Crippen LogP contribution in [0.1, 0.15) is 36.3 Å². The van der Waals surface area contributed by atoms with Crippen molar-refractivity contribution in [3.8, 4) is 11.1 Å². The zero-order valence-electron chi connectivity index (χ0n) is 19.0. The Morgan fingerprint density at radius 1 is 1.12 bits per heavy atom. The normalized spacial score (nSPS) is 12.3. The summed E-state index contributed by atoms with van der Waals surface area (Å²) in [6.45, 7) is 7.27. The Bertz CT molecular complexity index is 1200. The number of hydrogen-bond donors (Lipinski definition) is 3. The summed E-state index contributed by atoms with van der Waals surface area (Å²) in [7, 11) is 0. The second-order valence-corrected chi connectivity index (χ2v) is 8.01. The molecule has 2 aromatic carbocycles. The van der Waals surface area contributed by atoms with E-state index in [1.165, 1.54) is 13.0 Å². The number of hydrogen-bond acceptors (Lipinski definition) is 4. The van der Waals surface area contributed by atoms with Gasteiger partial charge in [0.05, 0.1) is 12.8 Å². The fourth-order valence-corrected chi connectivity index (χ4v) is 3.40. The van der Waals surface area contributed by atoms with Crippen molar-refractivity contribution >= 4 is 23.6 Å². The number of aliphatic carboxylic acids is 1. The maximum atomic E-state index is 14.9. The lowest BCUT2D eigenvalue weighted by Crippen LogP contribution is -2.38. The number of carboxylic acids is 1. The first-order valence-corrected chi connectivity index (χ1v) is 10.5. The van der Waals surface area contributed by atoms with Crippen LogP contribution >= 0.6 is 0 Å². The minimum absolute atomic E-state index is 0.344. The maximum Gasteiger partial charge on any atom is 0.325 e. The molecular weight excluding hydrogens is 423 g/mol. The molecule has 7 heteroatoms. The second kappa shape index (κ2) is 10.2. The molecule has 33 heavy (non-hydrogen) atoms. The number of aryl methyl sites for hydroxylation is 2. The van der Waals surface area contributed by atoms with Crippen molar-refractivity contribution in [1.29, 1.82) is 0 Å². The number of benzene rings is 2. The smallest absolute Gasteiger partial charge is 0.325 e. The topological polar surface area (TPSA) is 91.6 Å². The summed E-state index contributed by atoms with van der Waals surface area (Å²) in [5, 5.41) is 14.5. The fraction of sp³-hybridized carbons (Fsp3) is 0.231. The molecule has 0 aliphatic rings. The highest BCUT2D eigenvalue weighted by Crippen LogP contribution is 2.31. The van der Waals surface area contributed by atoms with Gasteiger partial charge in [0.2, 0.25) is 5.91 Å². The van der Waals surface area contributed by atoms with Crippen LogP contribution in [0.3, 0.4) is 0 Å². The Balaban J connectivity index is 1.80. The van der Waals surface area contributed by atoms with Gasteiger partial charge in [0, 0.05) is 16.8 Å². The molecule has 0 aliphatic carbocycles. The van der Waals surface area contributed by atoms with Gasteiger partial charge < -0.3 is 20.2 Å². The first-order chi connectivity index (χ1) is 15.7. The summed E-state index contributed by atoms with van der Waals surface area (Å²) >= 11 is 0. The third-order valence-electron chi connectivity index (χ3n) is 5.37. The van der Waals surface area contributed by atoms with Crippen molar-refractivity contribution in [2.75, 3.05) is 5.32 Å². The minimum Gasteiger partial charge on any atom is -0.480 e. The molecule has 0 bridgehead atoms. The van der Waals surface area contributed by atoms with Crippen molar-refractivity contribution in [2.24, 2.45) is 0 Å². The molecule has 0 fully saturated rings. The van der Waals surface area contributed by atoms with Crippen molar-refractivity contribution in [3.05, 3.63) is 82.6 Å². The molecule has 0 saturated carbocycles. The summed E-state index contributed by atoms with van der Waals surface area (Å²) in [4.78, 5) is 23.2. The van der Waals surface area contributed by atoms with Gasteiger partial charge in [0.15, 0.2) is 0 Å². The van der Waals surface area contributed by atoms with E-state index in [9.17, 15) is 14.0 Å². The zero-order valence-corrected chi connectivity index (χ0v) is 19.0. The van der Waals surface area contributed by atoms with Crippen LogP contribution in [0.5, 0.6) is 0 Å². The largest absolute Gasteiger partial charge is 0.480 e. The first kappa shape index (κ1) is 23.8. The van der Waals surface area contributed by atoms with E-state index in [0.717, 1.165) is 28.0 Å². The van der Waals surface area contributed by atoms with Gasteiger partial charge in [-0.1, -0.05) is 12.1 Å². The summed E-state index contributed by atoms with van der Waals surface area (Å²) in [5.41, 5.74) is 4.82. The molecule has 0 radical (unpaired) electrons. The van der Waals surface area contributed by atoms with E-state index >= 15 is 0 Å². The highest BCUT2D eigenvalue weighted by Gasteiger charge is 2.16.